The lowest BCUT2D eigenvalue weighted by atomic mass is 9.93. The van der Waals surface area contributed by atoms with E-state index in [1.807, 2.05) is 11.4 Å². The zero-order valence-electron chi connectivity index (χ0n) is 16.2. The van der Waals surface area contributed by atoms with Crippen LogP contribution in [0.15, 0.2) is 23.7 Å². The van der Waals surface area contributed by atoms with Gasteiger partial charge in [-0.1, -0.05) is 20.8 Å². The van der Waals surface area contributed by atoms with Gasteiger partial charge in [0.1, 0.15) is 22.5 Å². The Hall–Kier alpha value is -1.99. The van der Waals surface area contributed by atoms with Crippen LogP contribution in [0.5, 0.6) is 0 Å². The molecule has 0 spiro atoms. The van der Waals surface area contributed by atoms with Crippen molar-refractivity contribution in [2.45, 2.75) is 65.1 Å². The van der Waals surface area contributed by atoms with Crippen molar-refractivity contribution in [3.05, 3.63) is 40.0 Å². The van der Waals surface area contributed by atoms with Crippen LogP contribution in [0.25, 0.3) is 0 Å². The summed E-state index contributed by atoms with van der Waals surface area (Å²) < 4.78 is 5.22. The fourth-order valence-electron chi connectivity index (χ4n) is 2.17. The van der Waals surface area contributed by atoms with Gasteiger partial charge in [0.25, 0.3) is 0 Å². The number of aromatic nitrogens is 2. The van der Waals surface area contributed by atoms with Gasteiger partial charge in [-0.05, 0) is 38.5 Å². The second-order valence-corrected chi connectivity index (χ2v) is 9.11. The van der Waals surface area contributed by atoms with Crippen molar-refractivity contribution in [2.75, 3.05) is 5.32 Å². The summed E-state index contributed by atoms with van der Waals surface area (Å²) in [5, 5.41) is 15.8. The molecular formula is C19H27N3O3S. The van der Waals surface area contributed by atoms with E-state index in [4.69, 9.17) is 4.74 Å². The zero-order valence-corrected chi connectivity index (χ0v) is 17.0. The standard InChI is InChI=1S/C19H27N3O3S/c1-18(2,3)14-11-26-16(21-14)13(23)9-12-7-8-20-15(10-12)22-17(24)25-19(4,5)6/h7-8,10-11,13,23H,9H2,1-6H3,(H,20,22,24). The van der Waals surface area contributed by atoms with Crippen LogP contribution in [0.4, 0.5) is 10.6 Å². The van der Waals surface area contributed by atoms with E-state index in [-0.39, 0.29) is 5.41 Å². The summed E-state index contributed by atoms with van der Waals surface area (Å²) in [5.41, 5.74) is 1.20. The Bertz CT molecular complexity index is 760. The first-order valence-electron chi connectivity index (χ1n) is 8.53. The smallest absolute Gasteiger partial charge is 0.413 e. The molecule has 2 rings (SSSR count). The maximum Gasteiger partial charge on any atom is 0.413 e. The normalized spacial score (nSPS) is 13.3. The summed E-state index contributed by atoms with van der Waals surface area (Å²) in [6.07, 6.45) is 0.727. The van der Waals surface area contributed by atoms with Gasteiger partial charge in [0.15, 0.2) is 0 Å². The highest BCUT2D eigenvalue weighted by atomic mass is 32.1. The molecule has 0 fully saturated rings. The highest BCUT2D eigenvalue weighted by Gasteiger charge is 2.21. The van der Waals surface area contributed by atoms with E-state index >= 15 is 0 Å². The third-order valence-corrected chi connectivity index (χ3v) is 4.40. The lowest BCUT2D eigenvalue weighted by Crippen LogP contribution is -2.27. The van der Waals surface area contributed by atoms with Crippen molar-refractivity contribution >= 4 is 23.2 Å². The molecule has 0 aliphatic carbocycles. The zero-order chi connectivity index (χ0) is 19.5. The molecule has 0 bridgehead atoms. The minimum absolute atomic E-state index is 0.0460. The molecule has 1 amide bonds. The molecule has 0 aromatic carbocycles. The van der Waals surface area contributed by atoms with Crippen LogP contribution in [0.3, 0.4) is 0 Å². The van der Waals surface area contributed by atoms with Crippen molar-refractivity contribution in [3.8, 4) is 0 Å². The van der Waals surface area contributed by atoms with Crippen molar-refractivity contribution in [2.24, 2.45) is 0 Å². The molecule has 26 heavy (non-hydrogen) atoms. The van der Waals surface area contributed by atoms with E-state index in [1.54, 1.807) is 33.0 Å². The summed E-state index contributed by atoms with van der Waals surface area (Å²) in [4.78, 5) is 20.5. The van der Waals surface area contributed by atoms with Crippen LogP contribution >= 0.6 is 11.3 Å². The van der Waals surface area contributed by atoms with Gasteiger partial charge >= 0.3 is 6.09 Å². The number of thiazole rings is 1. The lowest BCUT2D eigenvalue weighted by Gasteiger charge is -2.19. The van der Waals surface area contributed by atoms with Crippen molar-refractivity contribution in [1.29, 1.82) is 0 Å². The minimum Gasteiger partial charge on any atom is -0.444 e. The molecule has 7 heteroatoms. The Labute approximate surface area is 158 Å². The van der Waals surface area contributed by atoms with E-state index in [9.17, 15) is 9.90 Å². The van der Waals surface area contributed by atoms with Gasteiger partial charge in [0.2, 0.25) is 0 Å². The van der Waals surface area contributed by atoms with Crippen LogP contribution in [-0.2, 0) is 16.6 Å². The SMILES string of the molecule is CC(C)(C)OC(=O)Nc1cc(CC(O)c2nc(C(C)(C)C)cs2)ccn1. The van der Waals surface area contributed by atoms with Gasteiger partial charge in [-0.25, -0.2) is 14.8 Å². The number of anilines is 1. The molecule has 2 aromatic heterocycles. The molecule has 2 heterocycles. The maximum atomic E-state index is 11.8. The van der Waals surface area contributed by atoms with E-state index < -0.39 is 17.8 Å². The molecule has 142 valence electrons. The molecular weight excluding hydrogens is 350 g/mol. The van der Waals surface area contributed by atoms with Crippen molar-refractivity contribution in [3.63, 3.8) is 0 Å². The third kappa shape index (κ3) is 6.07. The van der Waals surface area contributed by atoms with Gasteiger partial charge in [0.05, 0.1) is 5.69 Å². The lowest BCUT2D eigenvalue weighted by molar-refractivity contribution is 0.0635. The maximum absolute atomic E-state index is 11.8. The number of aliphatic hydroxyl groups is 1. The first-order valence-corrected chi connectivity index (χ1v) is 9.41. The van der Waals surface area contributed by atoms with Gasteiger partial charge in [-0.15, -0.1) is 11.3 Å². The number of nitrogens with one attached hydrogen (secondary N) is 1. The van der Waals surface area contributed by atoms with Crippen LogP contribution in [0, 0.1) is 0 Å². The molecule has 2 N–H and O–H groups in total. The number of carbonyl (C=O) groups is 1. The number of pyridine rings is 1. The average Bonchev–Trinajstić information content (AvgIpc) is 2.95. The summed E-state index contributed by atoms with van der Waals surface area (Å²) in [7, 11) is 0. The number of rotatable bonds is 4. The number of aliphatic hydroxyl groups excluding tert-OH is 1. The summed E-state index contributed by atoms with van der Waals surface area (Å²) in [6, 6.07) is 3.53. The number of amides is 1. The topological polar surface area (TPSA) is 84.3 Å². The summed E-state index contributed by atoms with van der Waals surface area (Å²) in [6.45, 7) is 11.7. The second kappa shape index (κ2) is 7.72. The number of ether oxygens (including phenoxy) is 1. The molecule has 0 saturated heterocycles. The predicted molar refractivity (Wildman–Crippen MR) is 104 cm³/mol. The Morgan fingerprint density at radius 3 is 2.58 bits per heavy atom. The highest BCUT2D eigenvalue weighted by molar-refractivity contribution is 7.09. The minimum atomic E-state index is -0.701. The van der Waals surface area contributed by atoms with E-state index in [1.165, 1.54) is 11.3 Å². The molecule has 0 saturated carbocycles. The predicted octanol–water partition coefficient (Wildman–Crippen LogP) is 4.46. The fraction of sp³-hybridized carbons (Fsp3) is 0.526. The Morgan fingerprint density at radius 2 is 2.00 bits per heavy atom. The van der Waals surface area contributed by atoms with Crippen molar-refractivity contribution in [1.82, 2.24) is 9.97 Å². The summed E-state index contributed by atoms with van der Waals surface area (Å²) >= 11 is 1.46. The van der Waals surface area contributed by atoms with E-state index in [0.29, 0.717) is 17.2 Å². The van der Waals surface area contributed by atoms with E-state index in [2.05, 4.69) is 36.1 Å². The molecule has 0 radical (unpaired) electrons. The second-order valence-electron chi connectivity index (χ2n) is 8.22. The largest absolute Gasteiger partial charge is 0.444 e. The van der Waals surface area contributed by atoms with Gasteiger partial charge in [0, 0.05) is 23.4 Å². The number of nitrogens with zero attached hydrogens (tertiary/aromatic N) is 2. The quantitative estimate of drug-likeness (QED) is 0.822. The molecule has 1 atom stereocenters. The monoisotopic (exact) mass is 377 g/mol. The Balaban J connectivity index is 2.04. The molecule has 2 aromatic rings. The van der Waals surface area contributed by atoms with Gasteiger partial charge in [-0.3, -0.25) is 5.32 Å². The molecule has 6 nitrogen and oxygen atoms in total. The third-order valence-electron chi connectivity index (χ3n) is 3.46. The Morgan fingerprint density at radius 1 is 1.31 bits per heavy atom. The average molecular weight is 378 g/mol. The van der Waals surface area contributed by atoms with Crippen LogP contribution < -0.4 is 5.32 Å². The summed E-state index contributed by atoms with van der Waals surface area (Å²) in [5.74, 6) is 0.387. The number of carbonyl (C=O) groups excluding carboxylic acids is 1. The Kier molecular flexibility index (Phi) is 6.03. The number of hydrogen-bond donors (Lipinski definition) is 2. The van der Waals surface area contributed by atoms with Crippen LogP contribution in [0.2, 0.25) is 0 Å². The van der Waals surface area contributed by atoms with Gasteiger partial charge in [-0.2, -0.15) is 0 Å². The first kappa shape index (κ1) is 20.3. The van der Waals surface area contributed by atoms with Gasteiger partial charge < -0.3 is 9.84 Å². The van der Waals surface area contributed by atoms with Crippen LogP contribution in [-0.4, -0.2) is 26.8 Å². The number of hydrogen-bond acceptors (Lipinski definition) is 6. The van der Waals surface area contributed by atoms with E-state index in [0.717, 1.165) is 11.3 Å². The highest BCUT2D eigenvalue weighted by Crippen LogP contribution is 2.28. The molecule has 0 aliphatic rings. The molecule has 0 aliphatic heterocycles. The van der Waals surface area contributed by atoms with Crippen molar-refractivity contribution < 1.29 is 14.6 Å². The molecule has 1 unspecified atom stereocenters. The fourth-order valence-corrected chi connectivity index (χ4v) is 3.20. The first-order chi connectivity index (χ1) is 11.9. The van der Waals surface area contributed by atoms with Crippen LogP contribution in [0.1, 0.15) is 63.9 Å².